The molecule has 2 heterocycles. The molecule has 0 bridgehead atoms. The van der Waals surface area contributed by atoms with Crippen LogP contribution in [-0.2, 0) is 11.2 Å². The average Bonchev–Trinajstić information content (AvgIpc) is 2.74. The Bertz CT molecular complexity index is 937. The van der Waals surface area contributed by atoms with Crippen molar-refractivity contribution in [2.24, 2.45) is 0 Å². The number of unbranched alkanes of at least 4 members (excludes halogenated alkanes) is 1. The van der Waals surface area contributed by atoms with E-state index in [2.05, 4.69) is 11.1 Å². The molecule has 8 heteroatoms. The molecule has 5 nitrogen and oxygen atoms in total. The van der Waals surface area contributed by atoms with Gasteiger partial charge in [-0.1, -0.05) is 31.9 Å². The van der Waals surface area contributed by atoms with Gasteiger partial charge in [-0.2, -0.15) is 18.4 Å². The molecule has 0 aliphatic carbocycles. The van der Waals surface area contributed by atoms with Crippen LogP contribution in [0.15, 0.2) is 42.7 Å². The smallest absolute Gasteiger partial charge is 0.357 e. The lowest BCUT2D eigenvalue weighted by atomic mass is 9.99. The molecule has 1 amide bonds. The molecule has 1 aliphatic rings. The van der Waals surface area contributed by atoms with E-state index in [1.165, 1.54) is 0 Å². The molecule has 164 valence electrons. The van der Waals surface area contributed by atoms with Gasteiger partial charge in [0.25, 0.3) is 0 Å². The van der Waals surface area contributed by atoms with Gasteiger partial charge in [0.15, 0.2) is 0 Å². The first-order chi connectivity index (χ1) is 14.8. The number of alkyl halides is 3. The van der Waals surface area contributed by atoms with Crippen LogP contribution in [0.25, 0.3) is 0 Å². The fourth-order valence-electron chi connectivity index (χ4n) is 3.92. The van der Waals surface area contributed by atoms with E-state index in [0.29, 0.717) is 18.4 Å². The van der Waals surface area contributed by atoms with Gasteiger partial charge in [-0.25, -0.2) is 0 Å². The first kappa shape index (κ1) is 22.6. The molecule has 1 fully saturated rings. The molecular weight excluding hydrogens is 405 g/mol. The molecule has 0 spiro atoms. The molecule has 1 aromatic heterocycles. The SMILES string of the molecule is CCCC[C@H]1CN(CC(F)(F)F)C(=O)CN1c1ccncc1Cc1ccc(C#N)cc1. The second-order valence-electron chi connectivity index (χ2n) is 7.80. The van der Waals surface area contributed by atoms with E-state index in [1.807, 2.05) is 30.0 Å². The van der Waals surface area contributed by atoms with E-state index in [9.17, 15) is 18.0 Å². The van der Waals surface area contributed by atoms with E-state index in [1.54, 1.807) is 24.5 Å². The van der Waals surface area contributed by atoms with Crippen molar-refractivity contribution in [3.8, 4) is 6.07 Å². The van der Waals surface area contributed by atoms with Crippen molar-refractivity contribution in [3.05, 3.63) is 59.4 Å². The van der Waals surface area contributed by atoms with E-state index < -0.39 is 18.6 Å². The van der Waals surface area contributed by atoms with E-state index in [4.69, 9.17) is 5.26 Å². The third-order valence-corrected chi connectivity index (χ3v) is 5.46. The molecule has 1 atom stereocenters. The van der Waals surface area contributed by atoms with Crippen molar-refractivity contribution in [3.63, 3.8) is 0 Å². The van der Waals surface area contributed by atoms with Crippen LogP contribution in [0.1, 0.15) is 42.9 Å². The summed E-state index contributed by atoms with van der Waals surface area (Å²) in [6.45, 7) is 0.789. The first-order valence-corrected chi connectivity index (χ1v) is 10.3. The van der Waals surface area contributed by atoms with Crippen LogP contribution in [-0.4, -0.2) is 47.6 Å². The van der Waals surface area contributed by atoms with Gasteiger partial charge in [-0.15, -0.1) is 0 Å². The van der Waals surface area contributed by atoms with Gasteiger partial charge in [0, 0.05) is 37.1 Å². The van der Waals surface area contributed by atoms with Crippen LogP contribution in [0.4, 0.5) is 18.9 Å². The fourth-order valence-corrected chi connectivity index (χ4v) is 3.92. The summed E-state index contributed by atoms with van der Waals surface area (Å²) in [5.74, 6) is -0.522. The van der Waals surface area contributed by atoms with Crippen LogP contribution in [0.5, 0.6) is 0 Å². The molecule has 31 heavy (non-hydrogen) atoms. The average molecular weight is 430 g/mol. The van der Waals surface area contributed by atoms with Gasteiger partial charge in [0.05, 0.1) is 18.2 Å². The zero-order chi connectivity index (χ0) is 22.4. The Labute approximate surface area is 180 Å². The number of nitrogens with zero attached hydrogens (tertiary/aromatic N) is 4. The number of carbonyl (C=O) groups excluding carboxylic acids is 1. The Morgan fingerprint density at radius 3 is 2.61 bits per heavy atom. The number of benzene rings is 1. The summed E-state index contributed by atoms with van der Waals surface area (Å²) < 4.78 is 38.8. The quantitative estimate of drug-likeness (QED) is 0.657. The number of anilines is 1. The highest BCUT2D eigenvalue weighted by atomic mass is 19.4. The van der Waals surface area contributed by atoms with Crippen molar-refractivity contribution in [2.75, 3.05) is 24.5 Å². The molecule has 0 N–H and O–H groups in total. The summed E-state index contributed by atoms with van der Waals surface area (Å²) >= 11 is 0. The maximum atomic E-state index is 12.9. The number of piperazine rings is 1. The minimum absolute atomic E-state index is 0.0526. The maximum Gasteiger partial charge on any atom is 0.406 e. The largest absolute Gasteiger partial charge is 0.406 e. The highest BCUT2D eigenvalue weighted by molar-refractivity contribution is 5.83. The molecule has 0 saturated carbocycles. The normalized spacial score (nSPS) is 17.0. The fraction of sp³-hybridized carbons (Fsp3) is 0.435. The van der Waals surface area contributed by atoms with Gasteiger partial charge in [-0.05, 0) is 35.7 Å². The van der Waals surface area contributed by atoms with Gasteiger partial charge in [0.2, 0.25) is 5.91 Å². The van der Waals surface area contributed by atoms with Gasteiger partial charge in [-0.3, -0.25) is 9.78 Å². The Morgan fingerprint density at radius 2 is 1.97 bits per heavy atom. The summed E-state index contributed by atoms with van der Waals surface area (Å²) in [6, 6.07) is 11.0. The Morgan fingerprint density at radius 1 is 1.23 bits per heavy atom. The van der Waals surface area contributed by atoms with Gasteiger partial charge >= 0.3 is 6.18 Å². The number of aromatic nitrogens is 1. The summed E-state index contributed by atoms with van der Waals surface area (Å²) in [5, 5.41) is 8.98. The lowest BCUT2D eigenvalue weighted by Gasteiger charge is -2.43. The van der Waals surface area contributed by atoms with Gasteiger partial charge < -0.3 is 9.80 Å². The first-order valence-electron chi connectivity index (χ1n) is 10.3. The predicted molar refractivity (Wildman–Crippen MR) is 111 cm³/mol. The molecule has 2 aromatic rings. The number of halogens is 3. The molecule has 1 aromatic carbocycles. The number of rotatable bonds is 7. The van der Waals surface area contributed by atoms with E-state index >= 15 is 0 Å². The Hall–Kier alpha value is -3.08. The zero-order valence-electron chi connectivity index (χ0n) is 17.4. The number of carbonyl (C=O) groups is 1. The zero-order valence-corrected chi connectivity index (χ0v) is 17.4. The van der Waals surface area contributed by atoms with Crippen LogP contribution in [0, 0.1) is 11.3 Å². The van der Waals surface area contributed by atoms with E-state index in [-0.39, 0.29) is 19.1 Å². The third-order valence-electron chi connectivity index (χ3n) is 5.46. The maximum absolute atomic E-state index is 12.9. The van der Waals surface area contributed by atoms with Crippen LogP contribution < -0.4 is 4.90 Å². The van der Waals surface area contributed by atoms with Crippen molar-refractivity contribution in [1.29, 1.82) is 5.26 Å². The number of hydrogen-bond acceptors (Lipinski definition) is 4. The molecular formula is C23H25F3N4O. The van der Waals surface area contributed by atoms with Crippen molar-refractivity contribution in [1.82, 2.24) is 9.88 Å². The second-order valence-corrected chi connectivity index (χ2v) is 7.80. The molecule has 0 radical (unpaired) electrons. The van der Waals surface area contributed by atoms with Crippen molar-refractivity contribution in [2.45, 2.75) is 44.8 Å². The highest BCUT2D eigenvalue weighted by Crippen LogP contribution is 2.30. The van der Waals surface area contributed by atoms with E-state index in [0.717, 1.165) is 34.6 Å². The lowest BCUT2D eigenvalue weighted by Crippen LogP contribution is -2.58. The highest BCUT2D eigenvalue weighted by Gasteiger charge is 2.39. The summed E-state index contributed by atoms with van der Waals surface area (Å²) in [6.07, 6.45) is 2.00. The van der Waals surface area contributed by atoms with Crippen LogP contribution in [0.3, 0.4) is 0 Å². The topological polar surface area (TPSA) is 60.2 Å². The molecule has 0 unspecified atom stereocenters. The number of pyridine rings is 1. The third kappa shape index (κ3) is 5.97. The standard InChI is InChI=1S/C23H25F3N4O/c1-2-3-4-20-14-29(16-23(24,25)26)22(31)15-30(20)21-9-10-28-13-19(21)11-17-5-7-18(12-27)8-6-17/h5-10,13,20H,2-4,11,14-16H2,1H3/t20-/m0/s1. The van der Waals surface area contributed by atoms with Crippen molar-refractivity contribution < 1.29 is 18.0 Å². The molecule has 1 aliphatic heterocycles. The number of amides is 1. The second kappa shape index (κ2) is 9.82. The van der Waals surface area contributed by atoms with Crippen LogP contribution >= 0.6 is 0 Å². The number of hydrogen-bond donors (Lipinski definition) is 0. The Kier molecular flexibility index (Phi) is 7.16. The molecule has 3 rings (SSSR count). The van der Waals surface area contributed by atoms with Gasteiger partial charge in [0.1, 0.15) is 6.54 Å². The Balaban J connectivity index is 1.87. The predicted octanol–water partition coefficient (Wildman–Crippen LogP) is 4.31. The van der Waals surface area contributed by atoms with Crippen molar-refractivity contribution >= 4 is 11.6 Å². The number of nitriles is 1. The lowest BCUT2D eigenvalue weighted by molar-refractivity contribution is -0.162. The summed E-state index contributed by atoms with van der Waals surface area (Å²) in [4.78, 5) is 19.6. The minimum Gasteiger partial charge on any atom is -0.357 e. The minimum atomic E-state index is -4.41. The van der Waals surface area contributed by atoms with Crippen LogP contribution in [0.2, 0.25) is 0 Å². The monoisotopic (exact) mass is 430 g/mol. The summed E-state index contributed by atoms with van der Waals surface area (Å²) in [5.41, 5.74) is 3.27. The molecule has 1 saturated heterocycles. The summed E-state index contributed by atoms with van der Waals surface area (Å²) in [7, 11) is 0.